The normalized spacial score (nSPS) is 22.4. The number of carbonyl (C=O) groups excluding carboxylic acids is 1. The molecule has 34 heavy (non-hydrogen) atoms. The monoisotopic (exact) mass is 498 g/mol. The van der Waals surface area contributed by atoms with E-state index in [-0.39, 0.29) is 11.5 Å². The molecule has 4 rings (SSSR count). The van der Waals surface area contributed by atoms with E-state index in [0.29, 0.717) is 44.6 Å². The number of piperidine rings is 1. The molecule has 0 bridgehead atoms. The van der Waals surface area contributed by atoms with Gasteiger partial charge in [0, 0.05) is 25.8 Å². The Bertz CT molecular complexity index is 1150. The second-order valence-electron chi connectivity index (χ2n) is 9.68. The maximum atomic E-state index is 13.6. The number of fused-ring (bicyclic) bond motifs is 1. The summed E-state index contributed by atoms with van der Waals surface area (Å²) in [5.41, 5.74) is 0.926. The van der Waals surface area contributed by atoms with Crippen LogP contribution in [0.4, 0.5) is 5.82 Å². The van der Waals surface area contributed by atoms with Crippen molar-refractivity contribution in [1.82, 2.24) is 14.3 Å². The van der Waals surface area contributed by atoms with Crippen molar-refractivity contribution in [2.24, 2.45) is 11.8 Å². The SMILES string of the molecule is CCCCCCCN1C(=O)/C(=C/c2c(N3C[C@@H](C)C[C@H](C)C3)nc3ccccn3c2=O)SC1=S. The molecule has 0 N–H and O–H groups in total. The molecule has 1 amide bonds. The van der Waals surface area contributed by atoms with Gasteiger partial charge in [0.1, 0.15) is 15.8 Å². The molecule has 2 saturated heterocycles. The molecule has 0 saturated carbocycles. The zero-order valence-corrected chi connectivity index (χ0v) is 22.0. The maximum absolute atomic E-state index is 13.6. The molecular formula is C26H34N4O2S2. The first-order valence-electron chi connectivity index (χ1n) is 12.4. The van der Waals surface area contributed by atoms with Crippen LogP contribution in [0.2, 0.25) is 0 Å². The van der Waals surface area contributed by atoms with E-state index in [0.717, 1.165) is 32.4 Å². The quantitative estimate of drug-likeness (QED) is 0.278. The van der Waals surface area contributed by atoms with Gasteiger partial charge in [-0.3, -0.25) is 18.9 Å². The second kappa shape index (κ2) is 11.0. The maximum Gasteiger partial charge on any atom is 0.267 e. The molecule has 8 heteroatoms. The summed E-state index contributed by atoms with van der Waals surface area (Å²) in [6.07, 6.45) is 10.2. The van der Waals surface area contributed by atoms with Gasteiger partial charge in [-0.2, -0.15) is 0 Å². The highest BCUT2D eigenvalue weighted by Crippen LogP contribution is 2.34. The third-order valence-corrected chi connectivity index (χ3v) is 7.93. The van der Waals surface area contributed by atoms with E-state index < -0.39 is 0 Å². The molecule has 0 aromatic carbocycles. The van der Waals surface area contributed by atoms with Crippen LogP contribution in [0.25, 0.3) is 11.7 Å². The van der Waals surface area contributed by atoms with E-state index in [2.05, 4.69) is 25.7 Å². The average molecular weight is 499 g/mol. The Morgan fingerprint density at radius 1 is 1.12 bits per heavy atom. The highest BCUT2D eigenvalue weighted by atomic mass is 32.2. The summed E-state index contributed by atoms with van der Waals surface area (Å²) < 4.78 is 2.13. The number of amides is 1. The fourth-order valence-electron chi connectivity index (χ4n) is 4.99. The van der Waals surface area contributed by atoms with Crippen molar-refractivity contribution in [2.45, 2.75) is 59.3 Å². The Morgan fingerprint density at radius 3 is 2.59 bits per heavy atom. The van der Waals surface area contributed by atoms with E-state index in [9.17, 15) is 9.59 Å². The van der Waals surface area contributed by atoms with Gasteiger partial charge in [0.2, 0.25) is 0 Å². The molecule has 2 atom stereocenters. The van der Waals surface area contributed by atoms with E-state index in [4.69, 9.17) is 17.2 Å². The van der Waals surface area contributed by atoms with Crippen LogP contribution in [-0.4, -0.2) is 44.1 Å². The van der Waals surface area contributed by atoms with Gasteiger partial charge in [0.15, 0.2) is 0 Å². The van der Waals surface area contributed by atoms with Gasteiger partial charge in [-0.1, -0.05) is 76.5 Å². The Kier molecular flexibility index (Phi) is 8.09. The molecule has 182 valence electrons. The lowest BCUT2D eigenvalue weighted by molar-refractivity contribution is -0.122. The molecule has 4 heterocycles. The number of rotatable bonds is 8. The van der Waals surface area contributed by atoms with Crippen molar-refractivity contribution in [3.63, 3.8) is 0 Å². The lowest BCUT2D eigenvalue weighted by atomic mass is 9.91. The minimum absolute atomic E-state index is 0.102. The lowest BCUT2D eigenvalue weighted by Gasteiger charge is -2.36. The van der Waals surface area contributed by atoms with Crippen LogP contribution in [-0.2, 0) is 4.79 Å². The summed E-state index contributed by atoms with van der Waals surface area (Å²) in [4.78, 5) is 36.1. The number of pyridine rings is 1. The smallest absolute Gasteiger partial charge is 0.267 e. The Morgan fingerprint density at radius 2 is 1.85 bits per heavy atom. The zero-order chi connectivity index (χ0) is 24.2. The number of nitrogens with zero attached hydrogens (tertiary/aromatic N) is 4. The third-order valence-electron chi connectivity index (χ3n) is 6.55. The Balaban J connectivity index is 1.68. The summed E-state index contributed by atoms with van der Waals surface area (Å²) in [6, 6.07) is 5.56. The molecule has 0 radical (unpaired) electrons. The van der Waals surface area contributed by atoms with E-state index in [1.165, 1.54) is 31.0 Å². The summed E-state index contributed by atoms with van der Waals surface area (Å²) >= 11 is 6.82. The molecule has 2 aromatic rings. The van der Waals surface area contributed by atoms with Crippen LogP contribution in [0.5, 0.6) is 0 Å². The number of thioether (sulfide) groups is 1. The largest absolute Gasteiger partial charge is 0.355 e. The fourth-order valence-corrected chi connectivity index (χ4v) is 6.28. The summed E-state index contributed by atoms with van der Waals surface area (Å²) in [7, 11) is 0. The third kappa shape index (κ3) is 5.38. The van der Waals surface area contributed by atoms with Gasteiger partial charge in [-0.05, 0) is 42.9 Å². The Labute approximate surface area is 211 Å². The van der Waals surface area contributed by atoms with Gasteiger partial charge >= 0.3 is 0 Å². The van der Waals surface area contributed by atoms with Crippen LogP contribution in [0.1, 0.15) is 64.9 Å². The lowest BCUT2D eigenvalue weighted by Crippen LogP contribution is -2.40. The van der Waals surface area contributed by atoms with Crippen molar-refractivity contribution < 1.29 is 4.79 Å². The predicted octanol–water partition coefficient (Wildman–Crippen LogP) is 5.35. The molecule has 6 nitrogen and oxygen atoms in total. The number of carbonyl (C=O) groups is 1. The van der Waals surface area contributed by atoms with Crippen molar-refractivity contribution in [1.29, 1.82) is 0 Å². The highest BCUT2D eigenvalue weighted by molar-refractivity contribution is 8.26. The van der Waals surface area contributed by atoms with Crippen LogP contribution in [0.15, 0.2) is 34.1 Å². The summed E-state index contributed by atoms with van der Waals surface area (Å²) in [5, 5.41) is 0. The van der Waals surface area contributed by atoms with Crippen molar-refractivity contribution in [3.05, 3.63) is 45.2 Å². The van der Waals surface area contributed by atoms with Crippen LogP contribution >= 0.6 is 24.0 Å². The zero-order valence-electron chi connectivity index (χ0n) is 20.3. The highest BCUT2D eigenvalue weighted by Gasteiger charge is 2.33. The molecule has 2 aliphatic rings. The molecule has 2 aromatic heterocycles. The van der Waals surface area contributed by atoms with Crippen molar-refractivity contribution >= 4 is 51.7 Å². The van der Waals surface area contributed by atoms with Crippen LogP contribution in [0, 0.1) is 11.8 Å². The minimum atomic E-state index is -0.156. The summed E-state index contributed by atoms with van der Waals surface area (Å²) in [6.45, 7) is 8.99. The van der Waals surface area contributed by atoms with E-state index in [1.54, 1.807) is 21.6 Å². The van der Waals surface area contributed by atoms with Gasteiger partial charge < -0.3 is 4.90 Å². The minimum Gasteiger partial charge on any atom is -0.355 e. The van der Waals surface area contributed by atoms with E-state index in [1.807, 2.05) is 18.2 Å². The molecule has 0 unspecified atom stereocenters. The number of anilines is 1. The standard InChI is InChI=1S/C26H34N4O2S2/c1-4-5-6-7-9-13-30-25(32)21(34-26(30)33)15-20-23(28-16-18(2)14-19(3)17-28)27-22-11-8-10-12-29(22)24(20)31/h8,10-12,15,18-19H,4-7,9,13-14,16-17H2,1-3H3/b21-15-/t18-,19-/m0/s1. The fraction of sp³-hybridized carbons (Fsp3) is 0.538. The van der Waals surface area contributed by atoms with Crippen LogP contribution in [0.3, 0.4) is 0 Å². The molecule has 2 fully saturated rings. The Hall–Kier alpha value is -2.19. The average Bonchev–Trinajstić information content (AvgIpc) is 3.07. The molecular weight excluding hydrogens is 464 g/mol. The van der Waals surface area contributed by atoms with Gasteiger partial charge in [-0.25, -0.2) is 4.98 Å². The van der Waals surface area contributed by atoms with Crippen molar-refractivity contribution in [2.75, 3.05) is 24.5 Å². The van der Waals surface area contributed by atoms with Crippen LogP contribution < -0.4 is 10.5 Å². The first-order valence-corrected chi connectivity index (χ1v) is 13.6. The number of aromatic nitrogens is 2. The molecule has 0 aliphatic carbocycles. The first kappa shape index (κ1) is 24.9. The first-order chi connectivity index (χ1) is 16.4. The topological polar surface area (TPSA) is 57.9 Å². The number of thiocarbonyl (C=S) groups is 1. The van der Waals surface area contributed by atoms with Crippen molar-refractivity contribution in [3.8, 4) is 0 Å². The molecule has 0 spiro atoms. The van der Waals surface area contributed by atoms with Gasteiger partial charge in [-0.15, -0.1) is 0 Å². The molecule has 2 aliphatic heterocycles. The van der Waals surface area contributed by atoms with E-state index >= 15 is 0 Å². The van der Waals surface area contributed by atoms with Gasteiger partial charge in [0.05, 0.1) is 10.5 Å². The summed E-state index contributed by atoms with van der Waals surface area (Å²) in [5.74, 6) is 1.59. The van der Waals surface area contributed by atoms with Gasteiger partial charge in [0.25, 0.3) is 11.5 Å². The predicted molar refractivity (Wildman–Crippen MR) is 145 cm³/mol. The number of hydrogen-bond acceptors (Lipinski definition) is 6. The number of unbranched alkanes of at least 4 members (excludes halogenated alkanes) is 4. The second-order valence-corrected chi connectivity index (χ2v) is 11.4. The number of hydrogen-bond donors (Lipinski definition) is 0.